The molecule has 0 spiro atoms. The monoisotopic (exact) mass is 469 g/mol. The summed E-state index contributed by atoms with van der Waals surface area (Å²) in [5, 5.41) is 12.6. The van der Waals surface area contributed by atoms with Gasteiger partial charge in [0.25, 0.3) is 0 Å². The van der Waals surface area contributed by atoms with Gasteiger partial charge in [-0.15, -0.1) is 11.3 Å². The number of thiophene rings is 1. The Hall–Kier alpha value is -3.06. The van der Waals surface area contributed by atoms with Gasteiger partial charge in [-0.05, 0) is 41.8 Å². The van der Waals surface area contributed by atoms with Crippen LogP contribution in [0.2, 0.25) is 0 Å². The van der Waals surface area contributed by atoms with Crippen LogP contribution in [0.3, 0.4) is 0 Å². The molecule has 3 aromatic rings. The van der Waals surface area contributed by atoms with Gasteiger partial charge in [0.1, 0.15) is 22.6 Å². The molecular formula is C23H20FN3O3S2. The first-order valence-corrected chi connectivity index (χ1v) is 12.4. The van der Waals surface area contributed by atoms with Gasteiger partial charge in [0.2, 0.25) is 5.91 Å². The van der Waals surface area contributed by atoms with Crippen molar-refractivity contribution in [3.63, 3.8) is 0 Å². The van der Waals surface area contributed by atoms with E-state index >= 15 is 0 Å². The number of nitriles is 1. The number of carbonyl (C=O) groups is 1. The van der Waals surface area contributed by atoms with Gasteiger partial charge in [0.05, 0.1) is 10.5 Å². The van der Waals surface area contributed by atoms with Crippen LogP contribution in [-0.2, 0) is 34.1 Å². The van der Waals surface area contributed by atoms with Gasteiger partial charge in [0.15, 0.2) is 9.84 Å². The molecular weight excluding hydrogens is 449 g/mol. The van der Waals surface area contributed by atoms with Gasteiger partial charge in [-0.3, -0.25) is 9.69 Å². The van der Waals surface area contributed by atoms with Crippen molar-refractivity contribution in [2.75, 3.05) is 17.6 Å². The Kier molecular flexibility index (Phi) is 6.37. The van der Waals surface area contributed by atoms with E-state index in [9.17, 15) is 22.9 Å². The highest BCUT2D eigenvalue weighted by atomic mass is 32.2. The molecule has 2 aromatic carbocycles. The summed E-state index contributed by atoms with van der Waals surface area (Å²) in [6, 6.07) is 16.6. The second-order valence-electron chi connectivity index (χ2n) is 7.53. The average Bonchev–Trinajstić information content (AvgIpc) is 3.10. The summed E-state index contributed by atoms with van der Waals surface area (Å²) >= 11 is 1.31. The van der Waals surface area contributed by atoms with Crippen LogP contribution in [0, 0.1) is 17.1 Å². The zero-order chi connectivity index (χ0) is 22.7. The predicted octanol–water partition coefficient (Wildman–Crippen LogP) is 3.73. The molecule has 6 nitrogen and oxygen atoms in total. The van der Waals surface area contributed by atoms with E-state index in [0.29, 0.717) is 23.5 Å². The number of amides is 1. The van der Waals surface area contributed by atoms with E-state index in [-0.39, 0.29) is 4.90 Å². The first kappa shape index (κ1) is 22.1. The van der Waals surface area contributed by atoms with Crippen molar-refractivity contribution in [2.24, 2.45) is 0 Å². The van der Waals surface area contributed by atoms with Crippen LogP contribution in [0.1, 0.15) is 21.6 Å². The molecule has 1 amide bonds. The topological polar surface area (TPSA) is 90.3 Å². The minimum atomic E-state index is -3.93. The maximum Gasteiger partial charge on any atom is 0.240 e. The van der Waals surface area contributed by atoms with Crippen molar-refractivity contribution in [2.45, 2.75) is 24.4 Å². The van der Waals surface area contributed by atoms with Gasteiger partial charge < -0.3 is 5.32 Å². The number of rotatable bonds is 6. The Morgan fingerprint density at radius 1 is 1.16 bits per heavy atom. The van der Waals surface area contributed by atoms with Crippen LogP contribution in [-0.4, -0.2) is 31.5 Å². The number of anilines is 1. The largest absolute Gasteiger partial charge is 0.316 e. The van der Waals surface area contributed by atoms with Crippen LogP contribution in [0.4, 0.5) is 9.39 Å². The first-order chi connectivity index (χ1) is 15.4. The van der Waals surface area contributed by atoms with Crippen molar-refractivity contribution in [3.05, 3.63) is 82.0 Å². The van der Waals surface area contributed by atoms with Crippen molar-refractivity contribution >= 4 is 32.1 Å². The summed E-state index contributed by atoms with van der Waals surface area (Å²) in [5.41, 5.74) is 2.52. The molecule has 9 heteroatoms. The third-order valence-electron chi connectivity index (χ3n) is 5.24. The van der Waals surface area contributed by atoms with E-state index in [0.717, 1.165) is 47.8 Å². The van der Waals surface area contributed by atoms with E-state index in [1.807, 2.05) is 18.2 Å². The molecule has 1 aliphatic rings. The number of nitrogens with one attached hydrogen (secondary N) is 1. The molecule has 0 saturated heterocycles. The molecule has 1 N–H and O–H groups in total. The summed E-state index contributed by atoms with van der Waals surface area (Å²) in [6.07, 6.45) is 0.686. The normalized spacial score (nSPS) is 13.9. The molecule has 0 atom stereocenters. The summed E-state index contributed by atoms with van der Waals surface area (Å²) in [5.74, 6) is -2.07. The van der Waals surface area contributed by atoms with E-state index in [2.05, 4.69) is 28.4 Å². The van der Waals surface area contributed by atoms with Crippen LogP contribution in [0.5, 0.6) is 0 Å². The summed E-state index contributed by atoms with van der Waals surface area (Å²) in [7, 11) is -3.93. The van der Waals surface area contributed by atoms with Gasteiger partial charge in [-0.2, -0.15) is 5.26 Å². The minimum absolute atomic E-state index is 0.128. The lowest BCUT2D eigenvalue weighted by Crippen LogP contribution is -2.29. The smallest absolute Gasteiger partial charge is 0.240 e. The van der Waals surface area contributed by atoms with Crippen molar-refractivity contribution in [3.8, 4) is 6.07 Å². The third kappa shape index (κ3) is 4.88. The summed E-state index contributed by atoms with van der Waals surface area (Å²) in [4.78, 5) is 15.6. The zero-order valence-electron chi connectivity index (χ0n) is 17.0. The fraction of sp³-hybridized carbons (Fsp3) is 0.217. The maximum absolute atomic E-state index is 13.1. The highest BCUT2D eigenvalue weighted by molar-refractivity contribution is 7.92. The molecule has 0 bridgehead atoms. The molecule has 0 saturated carbocycles. The Balaban J connectivity index is 1.47. The Labute approximate surface area is 189 Å². The van der Waals surface area contributed by atoms with Gasteiger partial charge in [-0.1, -0.05) is 30.3 Å². The number of benzene rings is 2. The van der Waals surface area contributed by atoms with Gasteiger partial charge >= 0.3 is 0 Å². The number of carbonyl (C=O) groups excluding carboxylic acids is 1. The van der Waals surface area contributed by atoms with E-state index in [4.69, 9.17) is 0 Å². The minimum Gasteiger partial charge on any atom is -0.316 e. The molecule has 0 unspecified atom stereocenters. The zero-order valence-corrected chi connectivity index (χ0v) is 18.7. The highest BCUT2D eigenvalue weighted by Gasteiger charge is 2.27. The molecule has 2 heterocycles. The van der Waals surface area contributed by atoms with Crippen molar-refractivity contribution < 1.29 is 17.6 Å². The number of halogens is 1. The summed E-state index contributed by atoms with van der Waals surface area (Å²) in [6.45, 7) is 2.24. The van der Waals surface area contributed by atoms with Gasteiger partial charge in [0, 0.05) is 24.5 Å². The number of fused-ring (bicyclic) bond motifs is 1. The second-order valence-corrected chi connectivity index (χ2v) is 10.6. The SMILES string of the molecule is N#Cc1c(NC(=O)CS(=O)(=O)c2ccc(F)cc2)sc2c1CCN(Cc1ccccc1)C2. The van der Waals surface area contributed by atoms with E-state index < -0.39 is 27.3 Å². The van der Waals surface area contributed by atoms with Crippen LogP contribution < -0.4 is 5.32 Å². The summed E-state index contributed by atoms with van der Waals surface area (Å²) < 4.78 is 38.0. The van der Waals surface area contributed by atoms with Gasteiger partial charge in [-0.25, -0.2) is 12.8 Å². The van der Waals surface area contributed by atoms with E-state index in [1.54, 1.807) is 0 Å². The Morgan fingerprint density at radius 2 is 1.88 bits per heavy atom. The molecule has 164 valence electrons. The van der Waals surface area contributed by atoms with Crippen LogP contribution in [0.25, 0.3) is 0 Å². The number of sulfone groups is 1. The standard InChI is InChI=1S/C23H20FN3O3S2/c24-17-6-8-18(9-7-17)32(29,30)15-22(28)26-23-20(12-25)19-10-11-27(14-21(19)31-23)13-16-4-2-1-3-5-16/h1-9H,10-11,13-15H2,(H,26,28). The molecule has 4 rings (SSSR count). The average molecular weight is 470 g/mol. The first-order valence-electron chi connectivity index (χ1n) is 9.95. The number of nitrogens with zero attached hydrogens (tertiary/aromatic N) is 2. The Bertz CT molecular complexity index is 1280. The number of hydrogen-bond donors (Lipinski definition) is 1. The number of hydrogen-bond acceptors (Lipinski definition) is 6. The van der Waals surface area contributed by atoms with Crippen molar-refractivity contribution in [1.29, 1.82) is 5.26 Å². The Morgan fingerprint density at radius 3 is 2.56 bits per heavy atom. The molecule has 0 aliphatic carbocycles. The quantitative estimate of drug-likeness (QED) is 0.556. The molecule has 32 heavy (non-hydrogen) atoms. The fourth-order valence-electron chi connectivity index (χ4n) is 3.70. The lowest BCUT2D eigenvalue weighted by molar-refractivity contribution is -0.113. The predicted molar refractivity (Wildman–Crippen MR) is 120 cm³/mol. The lowest BCUT2D eigenvalue weighted by Gasteiger charge is -2.26. The van der Waals surface area contributed by atoms with Crippen molar-refractivity contribution in [1.82, 2.24) is 4.90 Å². The fourth-order valence-corrected chi connectivity index (χ4v) is 6.09. The third-order valence-corrected chi connectivity index (χ3v) is 8.01. The molecule has 1 aliphatic heterocycles. The highest BCUT2D eigenvalue weighted by Crippen LogP contribution is 2.37. The molecule has 0 radical (unpaired) electrons. The molecule has 1 aromatic heterocycles. The molecule has 0 fully saturated rings. The maximum atomic E-state index is 13.1. The van der Waals surface area contributed by atoms with E-state index in [1.165, 1.54) is 16.9 Å². The second kappa shape index (κ2) is 9.20. The lowest BCUT2D eigenvalue weighted by atomic mass is 10.0. The van der Waals surface area contributed by atoms with Crippen LogP contribution in [0.15, 0.2) is 59.5 Å². The van der Waals surface area contributed by atoms with Crippen LogP contribution >= 0.6 is 11.3 Å².